The van der Waals surface area contributed by atoms with Crippen molar-refractivity contribution in [1.82, 2.24) is 19.5 Å². The molecule has 8 aromatic carbocycles. The van der Waals surface area contributed by atoms with Gasteiger partial charge in [-0.3, -0.25) is 0 Å². The van der Waals surface area contributed by atoms with Crippen LogP contribution in [0.2, 0.25) is 0 Å². The molecule has 58 heavy (non-hydrogen) atoms. The lowest BCUT2D eigenvalue weighted by atomic mass is 9.81. The molecule has 0 radical (unpaired) electrons. The van der Waals surface area contributed by atoms with Crippen molar-refractivity contribution < 1.29 is 0 Å². The minimum atomic E-state index is -0.0809. The Labute approximate surface area is 337 Å². The van der Waals surface area contributed by atoms with E-state index in [4.69, 9.17) is 15.0 Å². The van der Waals surface area contributed by atoms with E-state index in [0.717, 1.165) is 38.8 Å². The smallest absolute Gasteiger partial charge is 0.164 e. The lowest BCUT2D eigenvalue weighted by Crippen LogP contribution is -2.14. The van der Waals surface area contributed by atoms with Gasteiger partial charge in [-0.2, -0.15) is 0 Å². The normalized spacial score (nSPS) is 12.8. The Morgan fingerprint density at radius 1 is 0.345 bits per heavy atom. The van der Waals surface area contributed by atoms with Gasteiger partial charge < -0.3 is 4.57 Å². The highest BCUT2D eigenvalue weighted by Gasteiger charge is 2.35. The standard InChI is InChI=1S/C54H38N4/c1-54(2)47-24-13-12-23-43(47)44-28-25-40(34-48(44)54)39-26-29-49-45(32-39)46-33-41(27-30-50(46)58(49)42-22-14-21-38(31-42)35-15-6-3-7-16-35)53-56-51(36-17-8-4-9-18-36)55-52(57-53)37-19-10-5-11-20-37/h3-34H,1-2H3. The van der Waals surface area contributed by atoms with Crippen molar-refractivity contribution in [3.63, 3.8) is 0 Å². The number of hydrogen-bond acceptors (Lipinski definition) is 3. The molecule has 4 nitrogen and oxygen atoms in total. The first-order valence-corrected chi connectivity index (χ1v) is 19.9. The molecule has 2 aromatic heterocycles. The molecule has 2 heterocycles. The van der Waals surface area contributed by atoms with Crippen LogP contribution in [-0.4, -0.2) is 19.5 Å². The van der Waals surface area contributed by atoms with E-state index in [2.05, 4.69) is 176 Å². The first-order valence-electron chi connectivity index (χ1n) is 19.9. The first-order chi connectivity index (χ1) is 28.5. The van der Waals surface area contributed by atoms with Crippen molar-refractivity contribution >= 4 is 21.8 Å². The van der Waals surface area contributed by atoms with E-state index >= 15 is 0 Å². The Balaban J connectivity index is 1.12. The Bertz CT molecular complexity index is 3120. The summed E-state index contributed by atoms with van der Waals surface area (Å²) >= 11 is 0. The summed E-state index contributed by atoms with van der Waals surface area (Å²) in [4.78, 5) is 15.1. The monoisotopic (exact) mass is 742 g/mol. The molecule has 0 saturated carbocycles. The molecule has 0 spiro atoms. The van der Waals surface area contributed by atoms with Crippen LogP contribution >= 0.6 is 0 Å². The van der Waals surface area contributed by atoms with Crippen LogP contribution in [-0.2, 0) is 5.41 Å². The van der Waals surface area contributed by atoms with E-state index < -0.39 is 0 Å². The van der Waals surface area contributed by atoms with Gasteiger partial charge >= 0.3 is 0 Å². The molecule has 11 rings (SSSR count). The van der Waals surface area contributed by atoms with Gasteiger partial charge in [-0.1, -0.05) is 159 Å². The van der Waals surface area contributed by atoms with Gasteiger partial charge in [-0.25, -0.2) is 15.0 Å². The van der Waals surface area contributed by atoms with E-state index in [1.807, 2.05) is 36.4 Å². The second-order valence-corrected chi connectivity index (χ2v) is 15.7. The van der Waals surface area contributed by atoms with Gasteiger partial charge in [0.05, 0.1) is 11.0 Å². The van der Waals surface area contributed by atoms with E-state index in [1.54, 1.807) is 0 Å². The van der Waals surface area contributed by atoms with Gasteiger partial charge in [0.2, 0.25) is 0 Å². The first kappa shape index (κ1) is 33.9. The predicted octanol–water partition coefficient (Wildman–Crippen LogP) is 13.6. The van der Waals surface area contributed by atoms with Gasteiger partial charge in [-0.05, 0) is 93.0 Å². The van der Waals surface area contributed by atoms with Crippen LogP contribution in [0.25, 0.3) is 95.0 Å². The summed E-state index contributed by atoms with van der Waals surface area (Å²) in [5.41, 5.74) is 16.3. The van der Waals surface area contributed by atoms with Gasteiger partial charge in [0.25, 0.3) is 0 Å². The summed E-state index contributed by atoms with van der Waals surface area (Å²) in [6.07, 6.45) is 0. The van der Waals surface area contributed by atoms with Crippen LogP contribution in [0.3, 0.4) is 0 Å². The molecule has 274 valence electrons. The third kappa shape index (κ3) is 5.56. The highest BCUT2D eigenvalue weighted by molar-refractivity contribution is 6.11. The molecular weight excluding hydrogens is 705 g/mol. The van der Waals surface area contributed by atoms with Crippen molar-refractivity contribution in [2.45, 2.75) is 19.3 Å². The van der Waals surface area contributed by atoms with Crippen LogP contribution < -0.4 is 0 Å². The fourth-order valence-electron chi connectivity index (χ4n) is 8.90. The quantitative estimate of drug-likeness (QED) is 0.170. The molecule has 0 unspecified atom stereocenters. The second-order valence-electron chi connectivity index (χ2n) is 15.7. The maximum absolute atomic E-state index is 5.10. The fraction of sp³-hybridized carbons (Fsp3) is 0.0556. The molecule has 0 N–H and O–H groups in total. The van der Waals surface area contributed by atoms with Gasteiger partial charge in [0.1, 0.15) is 0 Å². The van der Waals surface area contributed by atoms with Gasteiger partial charge in [0.15, 0.2) is 17.5 Å². The zero-order valence-electron chi connectivity index (χ0n) is 32.3. The van der Waals surface area contributed by atoms with Gasteiger partial charge in [0, 0.05) is 38.6 Å². The number of rotatable bonds is 6. The third-order valence-corrected chi connectivity index (χ3v) is 11.9. The summed E-state index contributed by atoms with van der Waals surface area (Å²) in [7, 11) is 0. The van der Waals surface area contributed by atoms with Crippen molar-refractivity contribution in [1.29, 1.82) is 0 Å². The van der Waals surface area contributed by atoms with Crippen LogP contribution in [0.5, 0.6) is 0 Å². The van der Waals surface area contributed by atoms with E-state index in [0.29, 0.717) is 17.5 Å². The molecule has 0 atom stereocenters. The van der Waals surface area contributed by atoms with Crippen molar-refractivity contribution in [2.24, 2.45) is 0 Å². The van der Waals surface area contributed by atoms with Gasteiger partial charge in [-0.15, -0.1) is 0 Å². The van der Waals surface area contributed by atoms with E-state index in [-0.39, 0.29) is 5.41 Å². The minimum Gasteiger partial charge on any atom is -0.309 e. The average molecular weight is 743 g/mol. The predicted molar refractivity (Wildman–Crippen MR) is 239 cm³/mol. The molecule has 0 fully saturated rings. The highest BCUT2D eigenvalue weighted by atomic mass is 15.0. The molecule has 1 aliphatic carbocycles. The maximum Gasteiger partial charge on any atom is 0.164 e. The molecule has 10 aromatic rings. The SMILES string of the molecule is CC1(C)c2ccccc2-c2ccc(-c3ccc4c(c3)c3cc(-c5nc(-c6ccccc6)nc(-c6ccccc6)n5)ccc3n4-c3cccc(-c4ccccc4)c3)cc21. The zero-order valence-corrected chi connectivity index (χ0v) is 32.3. The summed E-state index contributed by atoms with van der Waals surface area (Å²) in [6.45, 7) is 4.69. The third-order valence-electron chi connectivity index (χ3n) is 11.9. The van der Waals surface area contributed by atoms with Crippen molar-refractivity contribution in [3.05, 3.63) is 205 Å². The topological polar surface area (TPSA) is 43.6 Å². The summed E-state index contributed by atoms with van der Waals surface area (Å²) in [5.74, 6) is 1.93. The maximum atomic E-state index is 5.10. The summed E-state index contributed by atoms with van der Waals surface area (Å²) < 4.78 is 2.39. The second kappa shape index (κ2) is 13.4. The van der Waals surface area contributed by atoms with Crippen LogP contribution in [0.1, 0.15) is 25.0 Å². The Hall–Kier alpha value is -7.43. The molecule has 0 aliphatic heterocycles. The Kier molecular flexibility index (Phi) is 7.80. The molecule has 0 saturated heterocycles. The fourth-order valence-corrected chi connectivity index (χ4v) is 8.90. The molecule has 1 aliphatic rings. The average Bonchev–Trinajstić information content (AvgIpc) is 3.74. The highest BCUT2D eigenvalue weighted by Crippen LogP contribution is 2.50. The molecule has 0 bridgehead atoms. The van der Waals surface area contributed by atoms with Crippen LogP contribution in [0, 0.1) is 0 Å². The minimum absolute atomic E-state index is 0.0809. The number of fused-ring (bicyclic) bond motifs is 6. The lowest BCUT2D eigenvalue weighted by Gasteiger charge is -2.22. The van der Waals surface area contributed by atoms with E-state index in [9.17, 15) is 0 Å². The number of nitrogens with zero attached hydrogens (tertiary/aromatic N) is 4. The van der Waals surface area contributed by atoms with E-state index in [1.165, 1.54) is 49.9 Å². The van der Waals surface area contributed by atoms with Crippen molar-refractivity contribution in [3.8, 4) is 73.2 Å². The molecular formula is C54H38N4. The van der Waals surface area contributed by atoms with Crippen LogP contribution in [0.4, 0.5) is 0 Å². The molecule has 4 heteroatoms. The zero-order chi connectivity index (χ0) is 38.8. The number of benzene rings is 8. The largest absolute Gasteiger partial charge is 0.309 e. The Morgan fingerprint density at radius 3 is 1.47 bits per heavy atom. The van der Waals surface area contributed by atoms with Crippen LogP contribution in [0.15, 0.2) is 194 Å². The summed E-state index contributed by atoms with van der Waals surface area (Å²) in [6, 6.07) is 69.2. The molecule has 0 amide bonds. The summed E-state index contributed by atoms with van der Waals surface area (Å²) in [5, 5.41) is 2.31. The Morgan fingerprint density at radius 2 is 0.810 bits per heavy atom. The number of hydrogen-bond donors (Lipinski definition) is 0. The number of aromatic nitrogens is 4. The lowest BCUT2D eigenvalue weighted by molar-refractivity contribution is 0.660. The van der Waals surface area contributed by atoms with Crippen molar-refractivity contribution in [2.75, 3.05) is 0 Å².